The van der Waals surface area contributed by atoms with Gasteiger partial charge in [-0.1, -0.05) is 30.3 Å². The van der Waals surface area contributed by atoms with Gasteiger partial charge in [0.1, 0.15) is 29.3 Å². The second-order valence-electron chi connectivity index (χ2n) is 11.1. The van der Waals surface area contributed by atoms with Crippen molar-refractivity contribution >= 4 is 16.9 Å². The molecule has 2 saturated heterocycles. The van der Waals surface area contributed by atoms with Crippen molar-refractivity contribution in [1.29, 1.82) is 0 Å². The maximum atomic E-state index is 6.43. The quantitative estimate of drug-likeness (QED) is 0.371. The normalized spacial score (nSPS) is 24.5. The molecule has 1 unspecified atom stereocenters. The maximum absolute atomic E-state index is 6.43. The lowest BCUT2D eigenvalue weighted by atomic mass is 9.89. The van der Waals surface area contributed by atoms with Crippen LogP contribution in [0, 0.1) is 0 Å². The Kier molecular flexibility index (Phi) is 6.26. The van der Waals surface area contributed by atoms with Gasteiger partial charge in [-0.15, -0.1) is 0 Å². The SMILES string of the molecule is Nc1ncnc2c1c(-c1ccc(Oc3ccccc3)cc1)cn2[C@H]1CC[C@@H](N2CCN3CCCC3C2)CC1. The summed E-state index contributed by atoms with van der Waals surface area (Å²) in [6, 6.07) is 20.0. The highest BCUT2D eigenvalue weighted by atomic mass is 16.5. The smallest absolute Gasteiger partial charge is 0.146 e. The number of rotatable bonds is 5. The van der Waals surface area contributed by atoms with E-state index >= 15 is 0 Å². The van der Waals surface area contributed by atoms with Crippen molar-refractivity contribution < 1.29 is 4.74 Å². The summed E-state index contributed by atoms with van der Waals surface area (Å²) in [5.41, 5.74) is 9.56. The van der Waals surface area contributed by atoms with E-state index in [2.05, 4.69) is 37.7 Å². The summed E-state index contributed by atoms with van der Waals surface area (Å²) in [6.07, 6.45) is 11.5. The molecule has 2 N–H and O–H groups in total. The Bertz CT molecular complexity index is 1390. The van der Waals surface area contributed by atoms with E-state index in [4.69, 9.17) is 15.5 Å². The molecule has 4 aromatic rings. The molecule has 2 aromatic carbocycles. The molecule has 2 aliphatic heterocycles. The monoisotopic (exact) mass is 508 g/mol. The van der Waals surface area contributed by atoms with Crippen LogP contribution in [0.2, 0.25) is 0 Å². The fourth-order valence-electron chi connectivity index (χ4n) is 6.98. The van der Waals surface area contributed by atoms with Crippen LogP contribution in [0.5, 0.6) is 11.5 Å². The van der Waals surface area contributed by atoms with Crippen molar-refractivity contribution in [3.8, 4) is 22.6 Å². The lowest BCUT2D eigenvalue weighted by Crippen LogP contribution is -2.54. The molecule has 1 aliphatic carbocycles. The zero-order chi connectivity index (χ0) is 25.5. The number of nitrogens with zero attached hydrogens (tertiary/aromatic N) is 5. The Hall–Kier alpha value is -3.42. The van der Waals surface area contributed by atoms with Crippen LogP contribution in [0.1, 0.15) is 44.6 Å². The van der Waals surface area contributed by atoms with Crippen LogP contribution in [-0.2, 0) is 0 Å². The first kappa shape index (κ1) is 23.7. The van der Waals surface area contributed by atoms with Crippen molar-refractivity contribution in [2.24, 2.45) is 0 Å². The third-order valence-corrected chi connectivity index (χ3v) is 8.98. The average Bonchev–Trinajstić information content (AvgIpc) is 3.60. The first-order chi connectivity index (χ1) is 18.7. The fraction of sp³-hybridized carbons (Fsp3) is 0.419. The number of hydrogen-bond donors (Lipinski definition) is 1. The molecule has 2 aromatic heterocycles. The molecule has 38 heavy (non-hydrogen) atoms. The van der Waals surface area contributed by atoms with Crippen LogP contribution in [0.3, 0.4) is 0 Å². The van der Waals surface area contributed by atoms with Gasteiger partial charge in [-0.3, -0.25) is 9.80 Å². The van der Waals surface area contributed by atoms with Gasteiger partial charge in [-0.25, -0.2) is 9.97 Å². The standard InChI is InChI=1S/C31H36N6O/c32-30-29-28(22-8-14-27(15-9-22)38-26-6-2-1-3-7-26)20-37(31(29)34-21-33-30)24-12-10-23(11-13-24)36-18-17-35-16-4-5-25(35)19-36/h1-3,6-9,14-15,20-21,23-25H,4-5,10-13,16-19H2,(H2,32,33,34)/t23-,24+,25?. The summed E-state index contributed by atoms with van der Waals surface area (Å²) < 4.78 is 8.38. The predicted molar refractivity (Wildman–Crippen MR) is 151 cm³/mol. The van der Waals surface area contributed by atoms with Gasteiger partial charge in [0.05, 0.1) is 5.39 Å². The molecule has 1 atom stereocenters. The molecule has 3 fully saturated rings. The number of fused-ring (bicyclic) bond motifs is 2. The van der Waals surface area contributed by atoms with E-state index < -0.39 is 0 Å². The van der Waals surface area contributed by atoms with E-state index in [0.717, 1.165) is 39.7 Å². The topological polar surface area (TPSA) is 72.4 Å². The van der Waals surface area contributed by atoms with Crippen LogP contribution < -0.4 is 10.5 Å². The van der Waals surface area contributed by atoms with Gasteiger partial charge >= 0.3 is 0 Å². The molecule has 0 spiro atoms. The van der Waals surface area contributed by atoms with E-state index in [1.165, 1.54) is 64.7 Å². The van der Waals surface area contributed by atoms with Crippen LogP contribution in [0.15, 0.2) is 67.1 Å². The molecule has 0 amide bonds. The number of anilines is 1. The summed E-state index contributed by atoms with van der Waals surface area (Å²) in [5.74, 6) is 2.18. The van der Waals surface area contributed by atoms with Gasteiger partial charge in [0.15, 0.2) is 0 Å². The van der Waals surface area contributed by atoms with E-state index in [0.29, 0.717) is 17.9 Å². The lowest BCUT2D eigenvalue weighted by Gasteiger charge is -2.44. The molecule has 4 heterocycles. The Labute approximate surface area is 224 Å². The van der Waals surface area contributed by atoms with Gasteiger partial charge in [0.2, 0.25) is 0 Å². The zero-order valence-corrected chi connectivity index (χ0v) is 21.9. The van der Waals surface area contributed by atoms with Crippen molar-refractivity contribution in [3.63, 3.8) is 0 Å². The number of hydrogen-bond acceptors (Lipinski definition) is 6. The highest BCUT2D eigenvalue weighted by molar-refractivity contribution is 6.00. The van der Waals surface area contributed by atoms with Crippen molar-refractivity contribution in [3.05, 3.63) is 67.1 Å². The first-order valence-electron chi connectivity index (χ1n) is 14.2. The molecule has 7 rings (SSSR count). The van der Waals surface area contributed by atoms with E-state index in [-0.39, 0.29) is 0 Å². The Morgan fingerprint density at radius 1 is 0.737 bits per heavy atom. The van der Waals surface area contributed by atoms with Crippen molar-refractivity contribution in [2.45, 2.75) is 56.7 Å². The Balaban J connectivity index is 1.11. The largest absolute Gasteiger partial charge is 0.457 e. The molecule has 0 bridgehead atoms. The van der Waals surface area contributed by atoms with Crippen LogP contribution >= 0.6 is 0 Å². The van der Waals surface area contributed by atoms with E-state index in [1.54, 1.807) is 6.33 Å². The molecule has 0 radical (unpaired) electrons. The van der Waals surface area contributed by atoms with Crippen LogP contribution in [-0.4, -0.2) is 62.6 Å². The summed E-state index contributed by atoms with van der Waals surface area (Å²) in [5, 5.41) is 0.948. The third kappa shape index (κ3) is 4.44. The molecule has 7 nitrogen and oxygen atoms in total. The minimum atomic E-state index is 0.435. The van der Waals surface area contributed by atoms with Gasteiger partial charge in [0, 0.05) is 49.5 Å². The zero-order valence-electron chi connectivity index (χ0n) is 21.9. The lowest BCUT2D eigenvalue weighted by molar-refractivity contribution is 0.0516. The molecular formula is C31H36N6O. The van der Waals surface area contributed by atoms with Crippen LogP contribution in [0.25, 0.3) is 22.2 Å². The van der Waals surface area contributed by atoms with Gasteiger partial charge in [0.25, 0.3) is 0 Å². The minimum absolute atomic E-state index is 0.435. The number of ether oxygens (including phenoxy) is 1. The van der Waals surface area contributed by atoms with E-state index in [9.17, 15) is 0 Å². The highest BCUT2D eigenvalue weighted by Gasteiger charge is 2.35. The molecule has 7 heteroatoms. The van der Waals surface area contributed by atoms with Gasteiger partial charge < -0.3 is 15.0 Å². The molecule has 1 saturated carbocycles. The summed E-state index contributed by atoms with van der Waals surface area (Å²) >= 11 is 0. The third-order valence-electron chi connectivity index (χ3n) is 8.98. The molecule has 196 valence electrons. The number of nitrogen functional groups attached to an aromatic ring is 1. The summed E-state index contributed by atoms with van der Waals surface area (Å²) in [6.45, 7) is 5.06. The van der Waals surface area contributed by atoms with Crippen molar-refractivity contribution in [2.75, 3.05) is 31.9 Å². The van der Waals surface area contributed by atoms with Crippen LogP contribution in [0.4, 0.5) is 5.82 Å². The highest BCUT2D eigenvalue weighted by Crippen LogP contribution is 2.40. The summed E-state index contributed by atoms with van der Waals surface area (Å²) in [4.78, 5) is 14.6. The van der Waals surface area contributed by atoms with Gasteiger partial charge in [-0.2, -0.15) is 0 Å². The summed E-state index contributed by atoms with van der Waals surface area (Å²) in [7, 11) is 0. The van der Waals surface area contributed by atoms with Gasteiger partial charge in [-0.05, 0) is 74.9 Å². The number of nitrogens with two attached hydrogens (primary N) is 1. The molecular weight excluding hydrogens is 472 g/mol. The van der Waals surface area contributed by atoms with Crippen molar-refractivity contribution in [1.82, 2.24) is 24.3 Å². The Morgan fingerprint density at radius 2 is 1.47 bits per heavy atom. The predicted octanol–water partition coefficient (Wildman–Crippen LogP) is 5.74. The first-order valence-corrected chi connectivity index (χ1v) is 14.2. The second-order valence-corrected chi connectivity index (χ2v) is 11.1. The second kappa shape index (κ2) is 10.0. The van der Waals surface area contributed by atoms with E-state index in [1.807, 2.05) is 42.5 Å². The fourth-order valence-corrected chi connectivity index (χ4v) is 6.98. The maximum Gasteiger partial charge on any atom is 0.146 e. The number of benzene rings is 2. The molecule has 3 aliphatic rings. The number of para-hydroxylation sites is 1. The minimum Gasteiger partial charge on any atom is -0.457 e. The number of piperazine rings is 1. The Morgan fingerprint density at radius 3 is 2.29 bits per heavy atom. The average molecular weight is 509 g/mol. The number of aromatic nitrogens is 3.